The van der Waals surface area contributed by atoms with Crippen molar-refractivity contribution in [1.29, 1.82) is 0 Å². The Bertz CT molecular complexity index is 798. The number of hydrogen-bond donors (Lipinski definition) is 3. The first-order valence-electron chi connectivity index (χ1n) is 7.09. The first-order valence-corrected chi connectivity index (χ1v) is 7.09. The lowest BCUT2D eigenvalue weighted by molar-refractivity contribution is 0.0523. The lowest BCUT2D eigenvalue weighted by atomic mass is 10.1. The van der Waals surface area contributed by atoms with Crippen LogP contribution in [0.15, 0.2) is 33.9 Å². The Balaban J connectivity index is 1.99. The normalized spacial score (nSPS) is 11.3. The van der Waals surface area contributed by atoms with Crippen molar-refractivity contribution in [1.82, 2.24) is 5.32 Å². The van der Waals surface area contributed by atoms with E-state index in [1.54, 1.807) is 39.0 Å². The van der Waals surface area contributed by atoms with Gasteiger partial charge in [0.1, 0.15) is 17.0 Å². The van der Waals surface area contributed by atoms with Gasteiger partial charge in [0.15, 0.2) is 0 Å². The molecule has 0 aliphatic heterocycles. The van der Waals surface area contributed by atoms with Crippen LogP contribution < -0.4 is 27.2 Å². The van der Waals surface area contributed by atoms with E-state index in [0.717, 1.165) is 5.56 Å². The Kier molecular flexibility index (Phi) is 4.40. The summed E-state index contributed by atoms with van der Waals surface area (Å²) < 4.78 is 5.15. The highest BCUT2D eigenvalue weighted by molar-refractivity contribution is 5.76. The van der Waals surface area contributed by atoms with E-state index < -0.39 is 22.6 Å². The predicted octanol–water partition coefficient (Wildman–Crippen LogP) is 1.63. The highest BCUT2D eigenvalue weighted by atomic mass is 16.6. The van der Waals surface area contributed by atoms with Crippen LogP contribution in [0, 0.1) is 0 Å². The van der Waals surface area contributed by atoms with E-state index in [9.17, 15) is 14.4 Å². The van der Waals surface area contributed by atoms with E-state index in [-0.39, 0.29) is 17.9 Å². The third-order valence-corrected chi connectivity index (χ3v) is 2.98. The van der Waals surface area contributed by atoms with Crippen LogP contribution in [0.5, 0.6) is 0 Å². The molecule has 0 spiro atoms. The van der Waals surface area contributed by atoms with Crippen LogP contribution in [-0.2, 0) is 11.3 Å². The molecule has 0 radical (unpaired) electrons. The Morgan fingerprint density at radius 3 is 2.52 bits per heavy atom. The van der Waals surface area contributed by atoms with Crippen molar-refractivity contribution in [3.05, 3.63) is 50.3 Å². The van der Waals surface area contributed by atoms with Gasteiger partial charge in [0, 0.05) is 12.2 Å². The first kappa shape index (κ1) is 16.5. The van der Waals surface area contributed by atoms with Crippen molar-refractivity contribution in [2.75, 3.05) is 11.1 Å². The molecule has 0 unspecified atom stereocenters. The van der Waals surface area contributed by atoms with Gasteiger partial charge in [-0.15, -0.1) is 0 Å². The zero-order valence-electron chi connectivity index (χ0n) is 13.2. The minimum absolute atomic E-state index is 0.0627. The Morgan fingerprint density at radius 1 is 1.22 bits per heavy atom. The number of nitrogens with two attached hydrogens (primary N) is 1. The summed E-state index contributed by atoms with van der Waals surface area (Å²) in [6.07, 6.45) is -0.511. The van der Waals surface area contributed by atoms with E-state index >= 15 is 0 Å². The zero-order chi connectivity index (χ0) is 17.2. The second-order valence-corrected chi connectivity index (χ2v) is 6.13. The minimum Gasteiger partial charge on any atom is -0.444 e. The molecule has 0 atom stereocenters. The van der Waals surface area contributed by atoms with Crippen LogP contribution in [0.25, 0.3) is 0 Å². The quantitative estimate of drug-likeness (QED) is 0.739. The molecule has 23 heavy (non-hydrogen) atoms. The summed E-state index contributed by atoms with van der Waals surface area (Å²) in [5, 5.41) is 5.46. The fourth-order valence-corrected chi connectivity index (χ4v) is 1.93. The molecule has 0 aliphatic rings. The number of amides is 1. The standard InChI is InChI=1S/C16H19N3O4/c1-16(2,3)23-15(22)18-8-9-5-4-6-10(7-9)19-12-11(17)13(20)14(12)21/h4-7,19H,8,17H2,1-3H3,(H,18,22). The largest absolute Gasteiger partial charge is 0.444 e. The second kappa shape index (κ2) is 6.12. The fraction of sp³-hybridized carbons (Fsp3) is 0.312. The third-order valence-electron chi connectivity index (χ3n) is 2.98. The van der Waals surface area contributed by atoms with Crippen molar-refractivity contribution in [3.63, 3.8) is 0 Å². The van der Waals surface area contributed by atoms with E-state index in [2.05, 4.69) is 10.6 Å². The summed E-state index contributed by atoms with van der Waals surface area (Å²) >= 11 is 0. The Labute approximate surface area is 133 Å². The van der Waals surface area contributed by atoms with Gasteiger partial charge in [-0.25, -0.2) is 4.79 Å². The number of anilines is 3. The third kappa shape index (κ3) is 4.09. The SMILES string of the molecule is CC(C)(C)OC(=O)NCc1cccc(Nc2c(N)c(=O)c2=O)c1. The van der Waals surface area contributed by atoms with Crippen LogP contribution in [0.4, 0.5) is 21.9 Å². The minimum atomic E-state index is -0.671. The Hall–Kier alpha value is -2.83. The van der Waals surface area contributed by atoms with Crippen LogP contribution in [0.1, 0.15) is 26.3 Å². The lowest BCUT2D eigenvalue weighted by Gasteiger charge is -2.19. The molecule has 0 fully saturated rings. The molecular formula is C16H19N3O4. The highest BCUT2D eigenvalue weighted by Crippen LogP contribution is 2.19. The van der Waals surface area contributed by atoms with Crippen LogP contribution >= 0.6 is 0 Å². The van der Waals surface area contributed by atoms with Crippen molar-refractivity contribution < 1.29 is 9.53 Å². The van der Waals surface area contributed by atoms with Crippen molar-refractivity contribution in [3.8, 4) is 0 Å². The molecule has 2 aromatic rings. The number of nitrogen functional groups attached to an aromatic ring is 1. The van der Waals surface area contributed by atoms with Crippen molar-refractivity contribution in [2.24, 2.45) is 0 Å². The molecule has 0 saturated carbocycles. The Morgan fingerprint density at radius 2 is 1.91 bits per heavy atom. The average molecular weight is 317 g/mol. The number of carbonyl (C=O) groups excluding carboxylic acids is 1. The van der Waals surface area contributed by atoms with Crippen molar-refractivity contribution >= 4 is 23.2 Å². The molecule has 1 amide bonds. The maximum Gasteiger partial charge on any atom is 0.407 e. The fourth-order valence-electron chi connectivity index (χ4n) is 1.93. The molecule has 122 valence electrons. The summed E-state index contributed by atoms with van der Waals surface area (Å²) in [5.74, 6) is 0. The van der Waals surface area contributed by atoms with E-state index in [4.69, 9.17) is 10.5 Å². The van der Waals surface area contributed by atoms with Crippen LogP contribution in [-0.4, -0.2) is 11.7 Å². The molecule has 2 aromatic carbocycles. The summed E-state index contributed by atoms with van der Waals surface area (Å²) in [4.78, 5) is 34.1. The van der Waals surface area contributed by atoms with Gasteiger partial charge in [0.05, 0.1) is 0 Å². The van der Waals surface area contributed by atoms with Gasteiger partial charge in [-0.3, -0.25) is 9.59 Å². The summed E-state index contributed by atoms with van der Waals surface area (Å²) in [5.41, 5.74) is 5.06. The average Bonchev–Trinajstić information content (AvgIpc) is 2.48. The van der Waals surface area contributed by atoms with Gasteiger partial charge in [-0.1, -0.05) is 12.1 Å². The number of ether oxygens (including phenoxy) is 1. The second-order valence-electron chi connectivity index (χ2n) is 6.13. The summed E-state index contributed by atoms with van der Waals surface area (Å²) in [6.45, 7) is 5.62. The van der Waals surface area contributed by atoms with Gasteiger partial charge >= 0.3 is 6.09 Å². The molecule has 7 heteroatoms. The molecule has 0 aliphatic carbocycles. The monoisotopic (exact) mass is 317 g/mol. The first-order chi connectivity index (χ1) is 10.7. The molecule has 7 nitrogen and oxygen atoms in total. The summed E-state index contributed by atoms with van der Waals surface area (Å²) in [6, 6.07) is 7.05. The summed E-state index contributed by atoms with van der Waals surface area (Å²) in [7, 11) is 0. The van der Waals surface area contributed by atoms with E-state index in [0.29, 0.717) is 5.69 Å². The lowest BCUT2D eigenvalue weighted by Crippen LogP contribution is -2.36. The van der Waals surface area contributed by atoms with Crippen LogP contribution in [0.3, 0.4) is 0 Å². The van der Waals surface area contributed by atoms with Crippen LogP contribution in [0.2, 0.25) is 0 Å². The molecule has 0 saturated heterocycles. The molecule has 4 N–H and O–H groups in total. The molecular weight excluding hydrogens is 298 g/mol. The number of hydrogen-bond acceptors (Lipinski definition) is 6. The smallest absolute Gasteiger partial charge is 0.407 e. The number of benzene rings is 1. The maximum absolute atomic E-state index is 11.6. The van der Waals surface area contributed by atoms with Crippen molar-refractivity contribution in [2.45, 2.75) is 32.9 Å². The highest BCUT2D eigenvalue weighted by Gasteiger charge is 2.18. The van der Waals surface area contributed by atoms with E-state index in [1.165, 1.54) is 0 Å². The van der Waals surface area contributed by atoms with Gasteiger partial charge in [0.2, 0.25) is 0 Å². The molecule has 0 bridgehead atoms. The zero-order valence-corrected chi connectivity index (χ0v) is 13.2. The van der Waals surface area contributed by atoms with Gasteiger partial charge in [-0.2, -0.15) is 0 Å². The molecule has 2 rings (SSSR count). The number of carbonyl (C=O) groups is 1. The number of nitrogens with one attached hydrogen (secondary N) is 2. The van der Waals surface area contributed by atoms with Gasteiger partial charge in [0.25, 0.3) is 10.9 Å². The van der Waals surface area contributed by atoms with E-state index in [1.807, 2.05) is 6.07 Å². The predicted molar refractivity (Wildman–Crippen MR) is 88.6 cm³/mol. The van der Waals surface area contributed by atoms with Gasteiger partial charge in [-0.05, 0) is 38.5 Å². The topological polar surface area (TPSA) is 111 Å². The number of alkyl carbamates (subject to hydrolysis) is 1. The maximum atomic E-state index is 11.6. The van der Waals surface area contributed by atoms with Gasteiger partial charge < -0.3 is 21.1 Å². The number of rotatable bonds is 4. The molecule has 0 aromatic heterocycles. The molecule has 0 heterocycles.